The van der Waals surface area contributed by atoms with Gasteiger partial charge >= 0.3 is 0 Å². The summed E-state index contributed by atoms with van der Waals surface area (Å²) in [5.41, 5.74) is 1.28. The van der Waals surface area contributed by atoms with Crippen LogP contribution in [-0.2, 0) is 6.61 Å². The number of rotatable bonds is 2. The maximum Gasteiger partial charge on any atom is 0.280 e. The van der Waals surface area contributed by atoms with E-state index in [4.69, 9.17) is 5.11 Å². The third kappa shape index (κ3) is 2.01. The lowest BCUT2D eigenvalue weighted by atomic mass is 10.1. The van der Waals surface area contributed by atoms with Crippen LogP contribution in [0, 0.1) is 13.8 Å². The SMILES string of the molecule is Cc1cc(CO)nc(C(F)F)c1C. The van der Waals surface area contributed by atoms with Crippen molar-refractivity contribution in [1.82, 2.24) is 4.98 Å². The van der Waals surface area contributed by atoms with E-state index in [0.29, 0.717) is 11.3 Å². The number of aryl methyl sites for hydroxylation is 1. The lowest BCUT2D eigenvalue weighted by Crippen LogP contribution is -2.01. The Morgan fingerprint density at radius 3 is 2.54 bits per heavy atom. The van der Waals surface area contributed by atoms with E-state index in [0.717, 1.165) is 5.56 Å². The molecule has 0 aromatic carbocycles. The van der Waals surface area contributed by atoms with Crippen molar-refractivity contribution in [3.05, 3.63) is 28.6 Å². The van der Waals surface area contributed by atoms with Gasteiger partial charge in [0.25, 0.3) is 6.43 Å². The van der Waals surface area contributed by atoms with Crippen LogP contribution in [0.25, 0.3) is 0 Å². The molecule has 0 fully saturated rings. The van der Waals surface area contributed by atoms with E-state index in [9.17, 15) is 8.78 Å². The molecule has 0 radical (unpaired) electrons. The molecular formula is C9H11F2NO. The molecule has 4 heteroatoms. The predicted octanol–water partition coefficient (Wildman–Crippen LogP) is 2.13. The molecule has 1 heterocycles. The first kappa shape index (κ1) is 10.1. The van der Waals surface area contributed by atoms with Gasteiger partial charge in [-0.15, -0.1) is 0 Å². The van der Waals surface area contributed by atoms with E-state index < -0.39 is 6.43 Å². The smallest absolute Gasteiger partial charge is 0.280 e. The van der Waals surface area contributed by atoms with Crippen LogP contribution in [0.5, 0.6) is 0 Å². The summed E-state index contributed by atoms with van der Waals surface area (Å²) in [5.74, 6) is 0. The summed E-state index contributed by atoms with van der Waals surface area (Å²) in [6, 6.07) is 1.61. The van der Waals surface area contributed by atoms with Crippen molar-refractivity contribution >= 4 is 0 Å². The van der Waals surface area contributed by atoms with Gasteiger partial charge in [0.1, 0.15) is 5.69 Å². The highest BCUT2D eigenvalue weighted by molar-refractivity contribution is 5.31. The molecule has 0 saturated heterocycles. The number of halogens is 2. The molecule has 0 saturated carbocycles. The minimum Gasteiger partial charge on any atom is -0.390 e. The van der Waals surface area contributed by atoms with Gasteiger partial charge in [0, 0.05) is 0 Å². The van der Waals surface area contributed by atoms with Gasteiger partial charge in [0.05, 0.1) is 12.3 Å². The summed E-state index contributed by atoms with van der Waals surface area (Å²) >= 11 is 0. The molecule has 0 amide bonds. The highest BCUT2D eigenvalue weighted by Crippen LogP contribution is 2.23. The van der Waals surface area contributed by atoms with Crippen LogP contribution in [0.1, 0.15) is 28.9 Å². The van der Waals surface area contributed by atoms with Crippen molar-refractivity contribution in [2.75, 3.05) is 0 Å². The number of hydrogen-bond acceptors (Lipinski definition) is 2. The van der Waals surface area contributed by atoms with E-state index in [1.165, 1.54) is 0 Å². The summed E-state index contributed by atoms with van der Waals surface area (Å²) < 4.78 is 24.8. The molecule has 1 aromatic heterocycles. The molecule has 0 spiro atoms. The maximum atomic E-state index is 12.4. The summed E-state index contributed by atoms with van der Waals surface area (Å²) in [5, 5.41) is 8.75. The Kier molecular flexibility index (Phi) is 2.93. The summed E-state index contributed by atoms with van der Waals surface area (Å²) in [7, 11) is 0. The van der Waals surface area contributed by atoms with E-state index in [1.807, 2.05) is 0 Å². The summed E-state index contributed by atoms with van der Waals surface area (Å²) in [4.78, 5) is 3.65. The molecule has 1 aromatic rings. The average Bonchev–Trinajstić information content (AvgIpc) is 2.09. The number of nitrogens with zero attached hydrogens (tertiary/aromatic N) is 1. The Balaban J connectivity index is 3.25. The number of hydrogen-bond donors (Lipinski definition) is 1. The van der Waals surface area contributed by atoms with Crippen LogP contribution >= 0.6 is 0 Å². The Morgan fingerprint density at radius 2 is 2.08 bits per heavy atom. The molecule has 2 nitrogen and oxygen atoms in total. The van der Waals surface area contributed by atoms with Gasteiger partial charge in [-0.1, -0.05) is 0 Å². The average molecular weight is 187 g/mol. The third-order valence-corrected chi connectivity index (χ3v) is 1.99. The third-order valence-electron chi connectivity index (χ3n) is 1.99. The molecule has 13 heavy (non-hydrogen) atoms. The zero-order valence-corrected chi connectivity index (χ0v) is 7.51. The second kappa shape index (κ2) is 3.79. The van der Waals surface area contributed by atoms with Crippen molar-refractivity contribution in [2.24, 2.45) is 0 Å². The molecule has 0 unspecified atom stereocenters. The highest BCUT2D eigenvalue weighted by atomic mass is 19.3. The van der Waals surface area contributed by atoms with Crippen molar-refractivity contribution in [3.8, 4) is 0 Å². The number of aliphatic hydroxyl groups is 1. The van der Waals surface area contributed by atoms with Crippen LogP contribution in [0.15, 0.2) is 6.07 Å². The highest BCUT2D eigenvalue weighted by Gasteiger charge is 2.14. The monoisotopic (exact) mass is 187 g/mol. The second-order valence-corrected chi connectivity index (χ2v) is 2.90. The van der Waals surface area contributed by atoms with Crippen molar-refractivity contribution in [3.63, 3.8) is 0 Å². The lowest BCUT2D eigenvalue weighted by molar-refractivity contribution is 0.144. The summed E-state index contributed by atoms with van der Waals surface area (Å²) in [6.45, 7) is 3.02. The Morgan fingerprint density at radius 1 is 1.46 bits per heavy atom. The van der Waals surface area contributed by atoms with E-state index in [-0.39, 0.29) is 12.3 Å². The molecule has 1 rings (SSSR count). The van der Waals surface area contributed by atoms with Gasteiger partial charge in [-0.25, -0.2) is 13.8 Å². The number of alkyl halides is 2. The Labute approximate surface area is 75.2 Å². The zero-order chi connectivity index (χ0) is 10.0. The fourth-order valence-corrected chi connectivity index (χ4v) is 1.12. The number of pyridine rings is 1. The first-order valence-corrected chi connectivity index (χ1v) is 3.92. The topological polar surface area (TPSA) is 33.1 Å². The molecule has 0 aliphatic heterocycles. The molecule has 0 aliphatic carbocycles. The minimum absolute atomic E-state index is 0.232. The van der Waals surface area contributed by atoms with E-state index in [2.05, 4.69) is 4.98 Å². The van der Waals surface area contributed by atoms with E-state index >= 15 is 0 Å². The molecule has 0 atom stereocenters. The number of aromatic nitrogens is 1. The van der Waals surface area contributed by atoms with Crippen LogP contribution < -0.4 is 0 Å². The van der Waals surface area contributed by atoms with Crippen LogP contribution in [0.2, 0.25) is 0 Å². The van der Waals surface area contributed by atoms with E-state index in [1.54, 1.807) is 19.9 Å². The maximum absolute atomic E-state index is 12.4. The zero-order valence-electron chi connectivity index (χ0n) is 7.51. The number of aliphatic hydroxyl groups excluding tert-OH is 1. The van der Waals surface area contributed by atoms with Gasteiger partial charge in [-0.05, 0) is 31.0 Å². The van der Waals surface area contributed by atoms with Crippen LogP contribution in [-0.4, -0.2) is 10.1 Å². The van der Waals surface area contributed by atoms with Gasteiger partial charge in [0.15, 0.2) is 0 Å². The van der Waals surface area contributed by atoms with Crippen LogP contribution in [0.3, 0.4) is 0 Å². The van der Waals surface area contributed by atoms with Crippen molar-refractivity contribution in [1.29, 1.82) is 0 Å². The largest absolute Gasteiger partial charge is 0.390 e. The van der Waals surface area contributed by atoms with Crippen LogP contribution in [0.4, 0.5) is 8.78 Å². The quantitative estimate of drug-likeness (QED) is 0.769. The standard InChI is InChI=1S/C9H11F2NO/c1-5-3-7(4-13)12-8(6(5)2)9(10)11/h3,9,13H,4H2,1-2H3. The fraction of sp³-hybridized carbons (Fsp3) is 0.444. The van der Waals surface area contributed by atoms with Crippen molar-refractivity contribution in [2.45, 2.75) is 26.9 Å². The molecule has 0 bridgehead atoms. The fourth-order valence-electron chi connectivity index (χ4n) is 1.12. The van der Waals surface area contributed by atoms with Gasteiger partial charge in [-0.3, -0.25) is 0 Å². The van der Waals surface area contributed by atoms with Gasteiger partial charge in [-0.2, -0.15) is 0 Å². The molecule has 0 aliphatic rings. The Hall–Kier alpha value is -1.03. The first-order chi connectivity index (χ1) is 6.06. The Bertz CT molecular complexity index is 313. The molecular weight excluding hydrogens is 176 g/mol. The normalized spacial score (nSPS) is 10.9. The van der Waals surface area contributed by atoms with Gasteiger partial charge in [0.2, 0.25) is 0 Å². The summed E-state index contributed by atoms with van der Waals surface area (Å²) in [6.07, 6.45) is -2.58. The second-order valence-electron chi connectivity index (χ2n) is 2.90. The minimum atomic E-state index is -2.58. The molecule has 72 valence electrons. The first-order valence-electron chi connectivity index (χ1n) is 3.92. The molecule has 1 N–H and O–H groups in total. The predicted molar refractivity (Wildman–Crippen MR) is 44.6 cm³/mol. The van der Waals surface area contributed by atoms with Crippen molar-refractivity contribution < 1.29 is 13.9 Å². The lowest BCUT2D eigenvalue weighted by Gasteiger charge is -2.08. The van der Waals surface area contributed by atoms with Gasteiger partial charge < -0.3 is 5.11 Å².